The van der Waals surface area contributed by atoms with Crippen molar-refractivity contribution in [1.29, 1.82) is 0 Å². The molecule has 0 unspecified atom stereocenters. The Hall–Kier alpha value is -2.91. The van der Waals surface area contributed by atoms with Gasteiger partial charge in [-0.2, -0.15) is 4.98 Å². The molecule has 2 heterocycles. The Balaban J connectivity index is 1.36. The van der Waals surface area contributed by atoms with Gasteiger partial charge in [-0.25, -0.2) is 0 Å². The van der Waals surface area contributed by atoms with Gasteiger partial charge in [0.1, 0.15) is 5.75 Å². The van der Waals surface area contributed by atoms with Crippen LogP contribution >= 0.6 is 23.1 Å². The summed E-state index contributed by atoms with van der Waals surface area (Å²) in [6, 6.07) is 17.4. The van der Waals surface area contributed by atoms with Crippen LogP contribution in [0.4, 0.5) is 10.8 Å². The van der Waals surface area contributed by atoms with Crippen molar-refractivity contribution in [2.24, 2.45) is 0 Å². The smallest absolute Gasteiger partial charge is 0.237 e. The molecule has 0 bridgehead atoms. The van der Waals surface area contributed by atoms with Gasteiger partial charge in [-0.05, 0) is 12.1 Å². The highest BCUT2D eigenvalue weighted by Gasteiger charge is 2.11. The van der Waals surface area contributed by atoms with Crippen LogP contribution in [0.2, 0.25) is 0 Å². The first-order valence-electron chi connectivity index (χ1n) is 8.05. The zero-order valence-electron chi connectivity index (χ0n) is 14.3. The molecule has 136 valence electrons. The van der Waals surface area contributed by atoms with E-state index in [2.05, 4.69) is 25.7 Å². The van der Waals surface area contributed by atoms with E-state index < -0.39 is 0 Å². The molecule has 9 heteroatoms. The third-order valence-corrected chi connectivity index (χ3v) is 5.50. The number of nitrogens with one attached hydrogen (secondary N) is 1. The SMILES string of the molecule is COc1cccc(Nc2nnc(SCc3nc(-c4ccccc4)no3)s2)c1. The predicted octanol–water partition coefficient (Wildman–Crippen LogP) is 4.63. The number of hydrogen-bond donors (Lipinski definition) is 1. The quantitative estimate of drug-likeness (QED) is 0.452. The van der Waals surface area contributed by atoms with Gasteiger partial charge in [-0.15, -0.1) is 10.2 Å². The maximum Gasteiger partial charge on any atom is 0.237 e. The van der Waals surface area contributed by atoms with Crippen molar-refractivity contribution < 1.29 is 9.26 Å². The molecule has 27 heavy (non-hydrogen) atoms. The van der Waals surface area contributed by atoms with Crippen LogP contribution in [-0.2, 0) is 5.75 Å². The molecule has 0 aliphatic rings. The maximum absolute atomic E-state index is 5.31. The summed E-state index contributed by atoms with van der Waals surface area (Å²) >= 11 is 2.97. The number of thioether (sulfide) groups is 1. The van der Waals surface area contributed by atoms with E-state index in [1.54, 1.807) is 7.11 Å². The van der Waals surface area contributed by atoms with Crippen LogP contribution in [-0.4, -0.2) is 27.4 Å². The molecule has 0 fully saturated rings. The molecule has 0 radical (unpaired) electrons. The average Bonchev–Trinajstić information content (AvgIpc) is 3.37. The number of nitrogens with zero attached hydrogens (tertiary/aromatic N) is 4. The number of hydrogen-bond acceptors (Lipinski definition) is 9. The zero-order chi connectivity index (χ0) is 18.5. The Morgan fingerprint density at radius 1 is 1.11 bits per heavy atom. The highest BCUT2D eigenvalue weighted by molar-refractivity contribution is 8.00. The maximum atomic E-state index is 5.31. The van der Waals surface area contributed by atoms with Gasteiger partial charge in [0, 0.05) is 17.3 Å². The van der Waals surface area contributed by atoms with E-state index in [9.17, 15) is 0 Å². The van der Waals surface area contributed by atoms with Crippen LogP contribution < -0.4 is 10.1 Å². The summed E-state index contributed by atoms with van der Waals surface area (Å²) in [5.74, 6) is 2.46. The fraction of sp³-hybridized carbons (Fsp3) is 0.111. The highest BCUT2D eigenvalue weighted by atomic mass is 32.2. The number of ether oxygens (including phenoxy) is 1. The second-order valence-corrected chi connectivity index (χ2v) is 7.60. The molecule has 2 aromatic carbocycles. The summed E-state index contributed by atoms with van der Waals surface area (Å²) < 4.78 is 11.4. The van der Waals surface area contributed by atoms with Gasteiger partial charge in [-0.3, -0.25) is 0 Å². The molecule has 0 spiro atoms. The van der Waals surface area contributed by atoms with Crippen LogP contribution in [0, 0.1) is 0 Å². The van der Waals surface area contributed by atoms with Crippen molar-refractivity contribution in [1.82, 2.24) is 20.3 Å². The van der Waals surface area contributed by atoms with E-state index in [4.69, 9.17) is 9.26 Å². The van der Waals surface area contributed by atoms with Crippen molar-refractivity contribution in [2.45, 2.75) is 10.1 Å². The lowest BCUT2D eigenvalue weighted by Gasteiger charge is -2.04. The Bertz CT molecular complexity index is 1020. The molecule has 2 aromatic heterocycles. The van der Waals surface area contributed by atoms with Crippen LogP contribution in [0.25, 0.3) is 11.4 Å². The van der Waals surface area contributed by atoms with Crippen molar-refractivity contribution >= 4 is 33.9 Å². The Morgan fingerprint density at radius 2 is 2.00 bits per heavy atom. The number of aromatic nitrogens is 4. The number of rotatable bonds is 7. The summed E-state index contributed by atoms with van der Waals surface area (Å²) in [5.41, 5.74) is 1.82. The van der Waals surface area contributed by atoms with Crippen LogP contribution in [0.15, 0.2) is 63.5 Å². The Kier molecular flexibility index (Phi) is 5.31. The molecular weight excluding hydrogens is 382 g/mol. The third kappa shape index (κ3) is 4.44. The first-order valence-corrected chi connectivity index (χ1v) is 9.86. The van der Waals surface area contributed by atoms with Crippen molar-refractivity contribution in [2.75, 3.05) is 12.4 Å². The van der Waals surface area contributed by atoms with Gasteiger partial charge in [0.2, 0.25) is 16.8 Å². The summed E-state index contributed by atoms with van der Waals surface area (Å²) in [7, 11) is 1.64. The normalized spacial score (nSPS) is 10.7. The number of benzene rings is 2. The minimum atomic E-state index is 0.535. The second-order valence-electron chi connectivity index (χ2n) is 5.40. The molecule has 0 atom stereocenters. The molecule has 0 saturated heterocycles. The van der Waals surface area contributed by atoms with Gasteiger partial charge in [0.15, 0.2) is 4.34 Å². The Morgan fingerprint density at radius 3 is 2.85 bits per heavy atom. The molecule has 4 rings (SSSR count). The van der Waals surface area contributed by atoms with E-state index in [-0.39, 0.29) is 0 Å². The van der Waals surface area contributed by atoms with Gasteiger partial charge >= 0.3 is 0 Å². The standard InChI is InChI=1S/C18H15N5O2S2/c1-24-14-9-5-8-13(10-14)19-17-21-22-18(27-17)26-11-15-20-16(23-25-15)12-6-3-2-4-7-12/h2-10H,11H2,1H3,(H,19,21). The van der Waals surface area contributed by atoms with E-state index in [0.717, 1.165) is 21.3 Å². The van der Waals surface area contributed by atoms with Crippen molar-refractivity contribution in [3.05, 3.63) is 60.5 Å². The fourth-order valence-corrected chi connectivity index (χ4v) is 3.89. The van der Waals surface area contributed by atoms with Gasteiger partial charge in [0.25, 0.3) is 0 Å². The van der Waals surface area contributed by atoms with Crippen molar-refractivity contribution in [3.63, 3.8) is 0 Å². The van der Waals surface area contributed by atoms with Gasteiger partial charge in [-0.1, -0.05) is 64.7 Å². The minimum Gasteiger partial charge on any atom is -0.497 e. The van der Waals surface area contributed by atoms with E-state index in [1.807, 2.05) is 54.6 Å². The molecule has 0 aliphatic carbocycles. The van der Waals surface area contributed by atoms with E-state index >= 15 is 0 Å². The summed E-state index contributed by atoms with van der Waals surface area (Å²) in [6.07, 6.45) is 0. The molecule has 7 nitrogen and oxygen atoms in total. The minimum absolute atomic E-state index is 0.535. The van der Waals surface area contributed by atoms with Gasteiger partial charge < -0.3 is 14.6 Å². The molecular formula is C18H15N5O2S2. The summed E-state index contributed by atoms with van der Waals surface area (Å²) in [5, 5.41) is 16.3. The average molecular weight is 397 g/mol. The first kappa shape index (κ1) is 17.5. The number of methoxy groups -OCH3 is 1. The van der Waals surface area contributed by atoms with Gasteiger partial charge in [0.05, 0.1) is 12.9 Å². The lowest BCUT2D eigenvalue weighted by atomic mass is 10.2. The summed E-state index contributed by atoms with van der Waals surface area (Å²) in [6.45, 7) is 0. The Labute approximate surface area is 163 Å². The largest absolute Gasteiger partial charge is 0.497 e. The first-order chi connectivity index (χ1) is 13.3. The monoisotopic (exact) mass is 397 g/mol. The van der Waals surface area contributed by atoms with Crippen LogP contribution in [0.5, 0.6) is 5.75 Å². The van der Waals surface area contributed by atoms with Crippen LogP contribution in [0.1, 0.15) is 5.89 Å². The zero-order valence-corrected chi connectivity index (χ0v) is 16.0. The predicted molar refractivity (Wildman–Crippen MR) is 105 cm³/mol. The van der Waals surface area contributed by atoms with E-state index in [1.165, 1.54) is 23.1 Å². The molecule has 4 aromatic rings. The topological polar surface area (TPSA) is 86.0 Å². The third-order valence-electron chi connectivity index (χ3n) is 3.55. The molecule has 0 aliphatic heterocycles. The van der Waals surface area contributed by atoms with Crippen molar-refractivity contribution in [3.8, 4) is 17.1 Å². The summed E-state index contributed by atoms with van der Waals surface area (Å²) in [4.78, 5) is 4.42. The molecule has 0 amide bonds. The fourth-order valence-electron chi connectivity index (χ4n) is 2.28. The molecule has 0 saturated carbocycles. The number of anilines is 2. The highest BCUT2D eigenvalue weighted by Crippen LogP contribution is 2.30. The second kappa shape index (κ2) is 8.19. The molecule has 1 N–H and O–H groups in total. The lowest BCUT2D eigenvalue weighted by molar-refractivity contribution is 0.391. The van der Waals surface area contributed by atoms with E-state index in [0.29, 0.717) is 22.6 Å². The lowest BCUT2D eigenvalue weighted by Crippen LogP contribution is -1.90. The van der Waals surface area contributed by atoms with Crippen LogP contribution in [0.3, 0.4) is 0 Å².